The first-order chi connectivity index (χ1) is 8.41. The Labute approximate surface area is 108 Å². The summed E-state index contributed by atoms with van der Waals surface area (Å²) in [7, 11) is 0. The molecule has 0 heterocycles. The van der Waals surface area contributed by atoms with Crippen molar-refractivity contribution in [2.75, 3.05) is 6.61 Å². The molecule has 0 rings (SSSR count). The van der Waals surface area contributed by atoms with E-state index in [0.29, 0.717) is 0 Å². The molecule has 0 aliphatic heterocycles. The highest BCUT2D eigenvalue weighted by atomic mass is 16.5. The van der Waals surface area contributed by atoms with E-state index in [1.54, 1.807) is 0 Å². The average molecular weight is 238 g/mol. The second-order valence-electron chi connectivity index (χ2n) is 4.54. The van der Waals surface area contributed by atoms with E-state index in [-0.39, 0.29) is 0 Å². The summed E-state index contributed by atoms with van der Waals surface area (Å²) in [6, 6.07) is 0. The van der Waals surface area contributed by atoms with Crippen LogP contribution in [0, 0.1) is 0 Å². The number of allylic oxidation sites excluding steroid dienone is 3. The molecule has 0 amide bonds. The van der Waals surface area contributed by atoms with Gasteiger partial charge in [0.15, 0.2) is 0 Å². The molecule has 0 fully saturated rings. The van der Waals surface area contributed by atoms with E-state index < -0.39 is 0 Å². The topological polar surface area (TPSA) is 9.23 Å². The molecule has 1 nitrogen and oxygen atoms in total. The van der Waals surface area contributed by atoms with Gasteiger partial charge in [-0.05, 0) is 18.9 Å². The molecule has 0 unspecified atom stereocenters. The van der Waals surface area contributed by atoms with E-state index in [1.807, 2.05) is 12.3 Å². The monoisotopic (exact) mass is 238 g/mol. The summed E-state index contributed by atoms with van der Waals surface area (Å²) in [5, 5.41) is 0. The second-order valence-corrected chi connectivity index (χ2v) is 4.54. The Morgan fingerprint density at radius 2 is 1.47 bits per heavy atom. The van der Waals surface area contributed by atoms with E-state index in [0.717, 1.165) is 6.61 Å². The first-order valence-corrected chi connectivity index (χ1v) is 7.35. The number of hydrogen-bond acceptors (Lipinski definition) is 1. The molecule has 0 atom stereocenters. The van der Waals surface area contributed by atoms with Gasteiger partial charge in [-0.2, -0.15) is 0 Å². The van der Waals surface area contributed by atoms with Crippen LogP contribution in [-0.2, 0) is 4.74 Å². The first-order valence-electron chi connectivity index (χ1n) is 7.35. The van der Waals surface area contributed by atoms with Crippen molar-refractivity contribution in [3.8, 4) is 0 Å². The second kappa shape index (κ2) is 15.3. The molecule has 0 saturated carbocycles. The van der Waals surface area contributed by atoms with Gasteiger partial charge in [-0.25, -0.2) is 0 Å². The van der Waals surface area contributed by atoms with Crippen LogP contribution in [0.15, 0.2) is 24.5 Å². The fourth-order valence-electron chi connectivity index (χ4n) is 1.63. The van der Waals surface area contributed by atoms with Crippen LogP contribution in [0.1, 0.15) is 71.6 Å². The van der Waals surface area contributed by atoms with Gasteiger partial charge in [0.2, 0.25) is 0 Å². The van der Waals surface area contributed by atoms with Gasteiger partial charge in [0.25, 0.3) is 0 Å². The van der Waals surface area contributed by atoms with Crippen LogP contribution in [0.3, 0.4) is 0 Å². The Hall–Kier alpha value is -0.720. The minimum absolute atomic E-state index is 0.866. The molecular weight excluding hydrogens is 208 g/mol. The van der Waals surface area contributed by atoms with Crippen LogP contribution in [0.2, 0.25) is 0 Å². The van der Waals surface area contributed by atoms with Crippen molar-refractivity contribution in [3.63, 3.8) is 0 Å². The van der Waals surface area contributed by atoms with Crippen LogP contribution in [0.25, 0.3) is 0 Å². The molecule has 0 aromatic heterocycles. The summed E-state index contributed by atoms with van der Waals surface area (Å²) in [5.41, 5.74) is 0. The van der Waals surface area contributed by atoms with E-state index in [9.17, 15) is 0 Å². The van der Waals surface area contributed by atoms with Crippen molar-refractivity contribution < 1.29 is 4.74 Å². The average Bonchev–Trinajstić information content (AvgIpc) is 2.35. The zero-order valence-electron chi connectivity index (χ0n) is 11.8. The molecule has 0 bridgehead atoms. The number of rotatable bonds is 12. The summed E-state index contributed by atoms with van der Waals surface area (Å²) in [4.78, 5) is 0. The number of hydrogen-bond donors (Lipinski definition) is 0. The minimum atomic E-state index is 0.866. The first kappa shape index (κ1) is 16.3. The maximum Gasteiger partial charge on any atom is 0.0873 e. The quantitative estimate of drug-likeness (QED) is 0.243. The maximum atomic E-state index is 5.41. The predicted molar refractivity (Wildman–Crippen MR) is 77.1 cm³/mol. The van der Waals surface area contributed by atoms with Crippen molar-refractivity contribution >= 4 is 0 Å². The molecular formula is C16H30O. The zero-order valence-corrected chi connectivity index (χ0v) is 11.8. The third kappa shape index (κ3) is 15.3. The molecule has 100 valence electrons. The molecule has 0 N–H and O–H groups in total. The minimum Gasteiger partial charge on any atom is -0.501 e. The lowest BCUT2D eigenvalue weighted by atomic mass is 10.1. The lowest BCUT2D eigenvalue weighted by Gasteiger charge is -2.00. The van der Waals surface area contributed by atoms with Gasteiger partial charge in [-0.3, -0.25) is 0 Å². The molecule has 0 spiro atoms. The van der Waals surface area contributed by atoms with Gasteiger partial charge < -0.3 is 4.74 Å². The lowest BCUT2D eigenvalue weighted by molar-refractivity contribution is 0.240. The van der Waals surface area contributed by atoms with Gasteiger partial charge in [0.05, 0.1) is 12.9 Å². The SMILES string of the molecule is CCCCC=CC=COCCCCCCCC. The standard InChI is InChI=1S/C16H30O/c1-3-5-7-9-11-13-15-17-16-14-12-10-8-6-4-2/h9,11,13,15H,3-8,10,12,14,16H2,1-2H3. The Morgan fingerprint density at radius 1 is 0.765 bits per heavy atom. The molecule has 0 aromatic carbocycles. The van der Waals surface area contributed by atoms with Gasteiger partial charge in [0.1, 0.15) is 0 Å². The summed E-state index contributed by atoms with van der Waals surface area (Å²) < 4.78 is 5.41. The van der Waals surface area contributed by atoms with Crippen LogP contribution in [0.4, 0.5) is 0 Å². The lowest BCUT2D eigenvalue weighted by Crippen LogP contribution is -1.87. The fourth-order valence-corrected chi connectivity index (χ4v) is 1.63. The van der Waals surface area contributed by atoms with E-state index in [2.05, 4.69) is 26.0 Å². The smallest absolute Gasteiger partial charge is 0.0873 e. The van der Waals surface area contributed by atoms with Crippen molar-refractivity contribution in [1.82, 2.24) is 0 Å². The van der Waals surface area contributed by atoms with Crippen LogP contribution in [0.5, 0.6) is 0 Å². The van der Waals surface area contributed by atoms with Crippen LogP contribution >= 0.6 is 0 Å². The Bertz CT molecular complexity index is 182. The molecule has 17 heavy (non-hydrogen) atoms. The van der Waals surface area contributed by atoms with Crippen molar-refractivity contribution in [2.24, 2.45) is 0 Å². The predicted octanol–water partition coefficient (Wildman–Crippen LogP) is 5.62. The fraction of sp³-hybridized carbons (Fsp3) is 0.750. The summed E-state index contributed by atoms with van der Waals surface area (Å²) in [5.74, 6) is 0. The van der Waals surface area contributed by atoms with Gasteiger partial charge in [0, 0.05) is 0 Å². The van der Waals surface area contributed by atoms with E-state index in [1.165, 1.54) is 57.8 Å². The third-order valence-electron chi connectivity index (χ3n) is 2.76. The molecule has 0 saturated heterocycles. The zero-order chi connectivity index (χ0) is 12.6. The highest BCUT2D eigenvalue weighted by Crippen LogP contribution is 2.04. The number of ether oxygens (including phenoxy) is 1. The molecule has 1 heteroatoms. The summed E-state index contributed by atoms with van der Waals surface area (Å²) in [6.07, 6.45) is 19.8. The largest absolute Gasteiger partial charge is 0.501 e. The van der Waals surface area contributed by atoms with E-state index >= 15 is 0 Å². The van der Waals surface area contributed by atoms with Crippen molar-refractivity contribution in [1.29, 1.82) is 0 Å². The van der Waals surface area contributed by atoms with Crippen LogP contribution in [-0.4, -0.2) is 6.61 Å². The summed E-state index contributed by atoms with van der Waals surface area (Å²) >= 11 is 0. The Morgan fingerprint density at radius 3 is 2.24 bits per heavy atom. The maximum absolute atomic E-state index is 5.41. The highest BCUT2D eigenvalue weighted by Gasteiger charge is 1.88. The van der Waals surface area contributed by atoms with Gasteiger partial charge in [-0.1, -0.05) is 70.9 Å². The Balaban J connectivity index is 3.11. The number of unbranched alkanes of at least 4 members (excludes halogenated alkanes) is 7. The van der Waals surface area contributed by atoms with E-state index in [4.69, 9.17) is 4.74 Å². The molecule has 0 aliphatic carbocycles. The van der Waals surface area contributed by atoms with Gasteiger partial charge >= 0.3 is 0 Å². The Kier molecular flexibility index (Phi) is 14.6. The summed E-state index contributed by atoms with van der Waals surface area (Å²) in [6.45, 7) is 5.33. The normalized spacial score (nSPS) is 11.6. The molecule has 0 radical (unpaired) electrons. The van der Waals surface area contributed by atoms with Crippen LogP contribution < -0.4 is 0 Å². The van der Waals surface area contributed by atoms with Crippen molar-refractivity contribution in [3.05, 3.63) is 24.5 Å². The molecule has 0 aromatic rings. The highest BCUT2D eigenvalue weighted by molar-refractivity contribution is 4.99. The van der Waals surface area contributed by atoms with Crippen molar-refractivity contribution in [2.45, 2.75) is 71.6 Å². The third-order valence-corrected chi connectivity index (χ3v) is 2.76. The van der Waals surface area contributed by atoms with Gasteiger partial charge in [-0.15, -0.1) is 0 Å². The molecule has 0 aliphatic rings.